The molecule has 114 valence electrons. The van der Waals surface area contributed by atoms with Crippen LogP contribution in [0.25, 0.3) is 0 Å². The van der Waals surface area contributed by atoms with E-state index < -0.39 is 14.6 Å². The Kier molecular flexibility index (Phi) is 5.59. The van der Waals surface area contributed by atoms with Crippen LogP contribution < -0.4 is 10.5 Å². The molecule has 0 amide bonds. The first-order chi connectivity index (χ1) is 9.12. The highest BCUT2D eigenvalue weighted by atomic mass is 32.2. The van der Waals surface area contributed by atoms with Gasteiger partial charge in [0.25, 0.3) is 0 Å². The van der Waals surface area contributed by atoms with Gasteiger partial charge in [0.2, 0.25) is 0 Å². The highest BCUT2D eigenvalue weighted by Crippen LogP contribution is 2.17. The maximum absolute atomic E-state index is 11.9. The van der Waals surface area contributed by atoms with Gasteiger partial charge in [0.1, 0.15) is 12.4 Å². The van der Waals surface area contributed by atoms with E-state index in [1.807, 2.05) is 31.2 Å². The molecule has 0 aliphatic heterocycles. The number of hydrogen-bond acceptors (Lipinski definition) is 4. The van der Waals surface area contributed by atoms with Crippen molar-refractivity contribution in [2.24, 2.45) is 5.73 Å². The molecular formula is C15H25NO3S. The van der Waals surface area contributed by atoms with Gasteiger partial charge in [0.05, 0.1) is 10.5 Å². The molecule has 0 radical (unpaired) electrons. The van der Waals surface area contributed by atoms with Crippen molar-refractivity contribution < 1.29 is 13.2 Å². The maximum atomic E-state index is 11.9. The first kappa shape index (κ1) is 17.0. The molecule has 4 nitrogen and oxygen atoms in total. The minimum absolute atomic E-state index is 0.0259. The molecule has 0 heterocycles. The van der Waals surface area contributed by atoms with E-state index in [2.05, 4.69) is 0 Å². The number of sulfone groups is 1. The average molecular weight is 299 g/mol. The van der Waals surface area contributed by atoms with Crippen molar-refractivity contribution >= 4 is 9.84 Å². The lowest BCUT2D eigenvalue weighted by molar-refractivity contribution is 0.339. The molecule has 0 aliphatic rings. The summed E-state index contributed by atoms with van der Waals surface area (Å²) in [6, 6.07) is 7.73. The monoisotopic (exact) mass is 299 g/mol. The van der Waals surface area contributed by atoms with E-state index in [4.69, 9.17) is 10.5 Å². The molecule has 1 unspecified atom stereocenters. The summed E-state index contributed by atoms with van der Waals surface area (Å²) in [7, 11) is -3.13. The quantitative estimate of drug-likeness (QED) is 0.874. The zero-order valence-corrected chi connectivity index (χ0v) is 13.5. The fourth-order valence-corrected chi connectivity index (χ4v) is 2.58. The molecule has 2 N–H and O–H groups in total. The molecule has 1 aromatic carbocycles. The van der Waals surface area contributed by atoms with Crippen LogP contribution in [0.1, 0.15) is 33.3 Å². The standard InChI is InChI=1S/C15H25NO3S/c1-12(16)11-13-5-7-14(8-6-13)19-9-10-20(17,18)15(2,3)4/h5-8,12H,9-11,16H2,1-4H3. The second-order valence-corrected chi connectivity index (χ2v) is 8.97. The topological polar surface area (TPSA) is 69.4 Å². The van der Waals surface area contributed by atoms with Gasteiger partial charge in [-0.3, -0.25) is 0 Å². The second-order valence-electron chi connectivity index (χ2n) is 6.11. The van der Waals surface area contributed by atoms with Crippen molar-refractivity contribution in [1.29, 1.82) is 0 Å². The summed E-state index contributed by atoms with van der Waals surface area (Å²) in [5.74, 6) is 0.709. The summed E-state index contributed by atoms with van der Waals surface area (Å²) in [6.07, 6.45) is 0.818. The Morgan fingerprint density at radius 1 is 1.20 bits per heavy atom. The predicted molar refractivity (Wildman–Crippen MR) is 82.8 cm³/mol. The fourth-order valence-electron chi connectivity index (χ4n) is 1.67. The van der Waals surface area contributed by atoms with Gasteiger partial charge in [-0.2, -0.15) is 0 Å². The van der Waals surface area contributed by atoms with Crippen molar-refractivity contribution in [3.8, 4) is 5.75 Å². The largest absolute Gasteiger partial charge is 0.493 e. The fraction of sp³-hybridized carbons (Fsp3) is 0.600. The minimum Gasteiger partial charge on any atom is -0.493 e. The third-order valence-electron chi connectivity index (χ3n) is 3.03. The van der Waals surface area contributed by atoms with E-state index in [1.54, 1.807) is 20.8 Å². The van der Waals surface area contributed by atoms with Crippen molar-refractivity contribution in [2.45, 2.75) is 44.9 Å². The van der Waals surface area contributed by atoms with E-state index in [9.17, 15) is 8.42 Å². The Balaban J connectivity index is 2.51. The second kappa shape index (κ2) is 6.59. The summed E-state index contributed by atoms with van der Waals surface area (Å²) in [5, 5.41) is 0. The molecule has 1 atom stereocenters. The Morgan fingerprint density at radius 3 is 2.20 bits per heavy atom. The predicted octanol–water partition coefficient (Wildman–Crippen LogP) is 2.17. The molecule has 0 spiro atoms. The molecule has 1 rings (SSSR count). The Bertz CT molecular complexity index is 513. The number of rotatable bonds is 6. The molecule has 0 fully saturated rings. The maximum Gasteiger partial charge on any atom is 0.158 e. The van der Waals surface area contributed by atoms with Crippen LogP contribution in [0.15, 0.2) is 24.3 Å². The summed E-state index contributed by atoms with van der Waals surface area (Å²) >= 11 is 0. The van der Waals surface area contributed by atoms with Crippen molar-refractivity contribution in [3.63, 3.8) is 0 Å². The molecule has 20 heavy (non-hydrogen) atoms. The number of hydrogen-bond donors (Lipinski definition) is 1. The molecule has 0 aliphatic carbocycles. The molecule has 0 aromatic heterocycles. The third kappa shape index (κ3) is 5.13. The van der Waals surface area contributed by atoms with E-state index in [-0.39, 0.29) is 18.4 Å². The molecule has 5 heteroatoms. The molecule has 0 saturated carbocycles. The summed E-state index contributed by atoms with van der Waals surface area (Å²) in [6.45, 7) is 7.23. The average Bonchev–Trinajstić information content (AvgIpc) is 2.29. The van der Waals surface area contributed by atoms with Crippen molar-refractivity contribution in [3.05, 3.63) is 29.8 Å². The van der Waals surface area contributed by atoms with Crippen LogP contribution in [0.2, 0.25) is 0 Å². The lowest BCUT2D eigenvalue weighted by Gasteiger charge is -2.19. The molecular weight excluding hydrogens is 274 g/mol. The lowest BCUT2D eigenvalue weighted by atomic mass is 10.1. The van der Waals surface area contributed by atoms with Gasteiger partial charge in [-0.05, 0) is 51.8 Å². The van der Waals surface area contributed by atoms with E-state index >= 15 is 0 Å². The van der Waals surface area contributed by atoms with Crippen LogP contribution in [-0.4, -0.2) is 31.6 Å². The number of nitrogens with two attached hydrogens (primary N) is 1. The highest BCUT2D eigenvalue weighted by Gasteiger charge is 2.28. The summed E-state index contributed by atoms with van der Waals surface area (Å²) < 4.78 is 28.6. The van der Waals surface area contributed by atoms with Crippen molar-refractivity contribution in [1.82, 2.24) is 0 Å². The number of ether oxygens (including phenoxy) is 1. The lowest BCUT2D eigenvalue weighted by Crippen LogP contribution is -2.32. The van der Waals surface area contributed by atoms with Crippen LogP contribution >= 0.6 is 0 Å². The van der Waals surface area contributed by atoms with E-state index in [0.717, 1.165) is 12.0 Å². The van der Waals surface area contributed by atoms with Gasteiger partial charge in [-0.15, -0.1) is 0 Å². The Hall–Kier alpha value is -1.07. The first-order valence-corrected chi connectivity index (χ1v) is 8.47. The van der Waals surface area contributed by atoms with Gasteiger partial charge in [0.15, 0.2) is 9.84 Å². The normalized spacial score (nSPS) is 14.1. The zero-order chi connectivity index (χ0) is 15.4. The third-order valence-corrected chi connectivity index (χ3v) is 5.60. The number of benzene rings is 1. The Morgan fingerprint density at radius 2 is 1.75 bits per heavy atom. The van der Waals surface area contributed by atoms with Crippen LogP contribution in [0.3, 0.4) is 0 Å². The van der Waals surface area contributed by atoms with Crippen LogP contribution in [0.5, 0.6) is 5.75 Å². The summed E-state index contributed by atoms with van der Waals surface area (Å²) in [4.78, 5) is 0. The van der Waals surface area contributed by atoms with E-state index in [0.29, 0.717) is 5.75 Å². The summed E-state index contributed by atoms with van der Waals surface area (Å²) in [5.41, 5.74) is 6.88. The van der Waals surface area contributed by atoms with Gasteiger partial charge in [-0.1, -0.05) is 12.1 Å². The van der Waals surface area contributed by atoms with Gasteiger partial charge in [0, 0.05) is 6.04 Å². The minimum atomic E-state index is -3.13. The van der Waals surface area contributed by atoms with Gasteiger partial charge >= 0.3 is 0 Å². The van der Waals surface area contributed by atoms with Crippen LogP contribution in [-0.2, 0) is 16.3 Å². The molecule has 0 saturated heterocycles. The van der Waals surface area contributed by atoms with Crippen LogP contribution in [0, 0.1) is 0 Å². The van der Waals surface area contributed by atoms with Crippen LogP contribution in [0.4, 0.5) is 0 Å². The SMILES string of the molecule is CC(N)Cc1ccc(OCCS(=O)(=O)C(C)(C)C)cc1. The molecule has 1 aromatic rings. The van der Waals surface area contributed by atoms with E-state index in [1.165, 1.54) is 0 Å². The highest BCUT2D eigenvalue weighted by molar-refractivity contribution is 7.92. The zero-order valence-electron chi connectivity index (χ0n) is 12.7. The van der Waals surface area contributed by atoms with Gasteiger partial charge < -0.3 is 10.5 Å². The Labute approximate surface area is 122 Å². The molecule has 0 bridgehead atoms. The smallest absolute Gasteiger partial charge is 0.158 e. The first-order valence-electron chi connectivity index (χ1n) is 6.81. The van der Waals surface area contributed by atoms with Crippen molar-refractivity contribution in [2.75, 3.05) is 12.4 Å². The van der Waals surface area contributed by atoms with Gasteiger partial charge in [-0.25, -0.2) is 8.42 Å².